The van der Waals surface area contributed by atoms with Gasteiger partial charge in [0.1, 0.15) is 41.7 Å². The van der Waals surface area contributed by atoms with Gasteiger partial charge in [0.15, 0.2) is 11.5 Å². The summed E-state index contributed by atoms with van der Waals surface area (Å²) in [7, 11) is -4.70. The highest BCUT2D eigenvalue weighted by Gasteiger charge is 2.48. The molecule has 1 aromatic heterocycles. The van der Waals surface area contributed by atoms with Crippen LogP contribution in [0.25, 0.3) is 22.1 Å². The fraction of sp³-hybridized carbons (Fsp3) is 0.238. The second-order valence-electron chi connectivity index (χ2n) is 7.52. The SMILES string of the molecule is O=C(O)C1O[C@@H](Oc2ccc3c(=O)c(-c4ccc(OS(=O)(=O)O)cc4)coc3c2)C(O)C(O)[C@@H]1O. The standard InChI is InChI=1S/C21H18O13S/c22-15-12-6-5-11(32-21-18(25)16(23)17(24)19(33-21)20(26)27)7-14(12)31-8-13(15)9-1-3-10(4-2-9)34-35(28,29)30/h1-8,16-19,21,23-25H,(H,26,27)(H,28,29,30)/t16?,17-,18?,19?,21+/m0/s1. The average molecular weight is 510 g/mol. The number of carboxylic acids is 1. The van der Waals surface area contributed by atoms with Crippen molar-refractivity contribution in [1.82, 2.24) is 0 Å². The molecule has 0 aliphatic carbocycles. The van der Waals surface area contributed by atoms with Gasteiger partial charge in [0.05, 0.1) is 10.9 Å². The molecule has 2 aromatic carbocycles. The summed E-state index contributed by atoms with van der Waals surface area (Å²) in [6.45, 7) is 0. The molecular weight excluding hydrogens is 492 g/mol. The molecule has 13 nitrogen and oxygen atoms in total. The highest BCUT2D eigenvalue weighted by atomic mass is 32.3. The third kappa shape index (κ3) is 5.12. The number of ether oxygens (including phenoxy) is 2. The molecule has 4 rings (SSSR count). The molecule has 1 aliphatic rings. The van der Waals surface area contributed by atoms with Crippen LogP contribution >= 0.6 is 0 Å². The van der Waals surface area contributed by atoms with Gasteiger partial charge in [0.25, 0.3) is 0 Å². The summed E-state index contributed by atoms with van der Waals surface area (Å²) in [6, 6.07) is 9.20. The minimum Gasteiger partial charge on any atom is -0.479 e. The van der Waals surface area contributed by atoms with Crippen molar-refractivity contribution in [1.29, 1.82) is 0 Å². The van der Waals surface area contributed by atoms with Gasteiger partial charge in [-0.2, -0.15) is 8.42 Å². The van der Waals surface area contributed by atoms with Gasteiger partial charge in [-0.05, 0) is 29.8 Å². The highest BCUT2D eigenvalue weighted by molar-refractivity contribution is 7.81. The molecule has 1 saturated heterocycles. The number of hydrogen-bond donors (Lipinski definition) is 5. The first-order chi connectivity index (χ1) is 16.4. The number of benzene rings is 2. The molecule has 0 spiro atoms. The topological polar surface area (TPSA) is 210 Å². The molecule has 186 valence electrons. The fourth-order valence-electron chi connectivity index (χ4n) is 3.48. The van der Waals surface area contributed by atoms with E-state index in [9.17, 15) is 33.3 Å². The van der Waals surface area contributed by atoms with E-state index in [1.165, 1.54) is 42.5 Å². The molecule has 1 fully saturated rings. The van der Waals surface area contributed by atoms with Crippen molar-refractivity contribution in [3.05, 3.63) is 59.0 Å². The molecule has 5 atom stereocenters. The second kappa shape index (κ2) is 9.26. The van der Waals surface area contributed by atoms with Crippen molar-refractivity contribution >= 4 is 27.3 Å². The quantitative estimate of drug-likeness (QED) is 0.275. The number of carboxylic acid groups (broad SMARTS) is 1. The fourth-order valence-corrected chi connectivity index (χ4v) is 3.83. The van der Waals surface area contributed by atoms with E-state index in [4.69, 9.17) is 23.6 Å². The smallest absolute Gasteiger partial charge is 0.446 e. The van der Waals surface area contributed by atoms with E-state index < -0.39 is 52.5 Å². The largest absolute Gasteiger partial charge is 0.479 e. The summed E-state index contributed by atoms with van der Waals surface area (Å²) in [5.41, 5.74) is 0.134. The Morgan fingerprint density at radius 3 is 2.23 bits per heavy atom. The Hall–Kier alpha value is -3.53. The molecule has 0 amide bonds. The normalized spacial score (nSPS) is 24.7. The predicted molar refractivity (Wildman–Crippen MR) is 115 cm³/mol. The first-order valence-corrected chi connectivity index (χ1v) is 11.2. The van der Waals surface area contributed by atoms with E-state index in [1.807, 2.05) is 0 Å². The predicted octanol–water partition coefficient (Wildman–Crippen LogP) is -0.0874. The first kappa shape index (κ1) is 24.6. The van der Waals surface area contributed by atoms with Gasteiger partial charge in [0, 0.05) is 6.07 Å². The van der Waals surface area contributed by atoms with Crippen LogP contribution < -0.4 is 14.3 Å². The molecule has 3 unspecified atom stereocenters. The summed E-state index contributed by atoms with van der Waals surface area (Å²) in [5, 5.41) is 39.0. The molecule has 35 heavy (non-hydrogen) atoms. The number of rotatable bonds is 6. The van der Waals surface area contributed by atoms with E-state index >= 15 is 0 Å². The van der Waals surface area contributed by atoms with E-state index in [0.717, 1.165) is 6.26 Å². The lowest BCUT2D eigenvalue weighted by molar-refractivity contribution is -0.271. The van der Waals surface area contributed by atoms with Gasteiger partial charge < -0.3 is 38.5 Å². The van der Waals surface area contributed by atoms with Crippen LogP contribution in [0.2, 0.25) is 0 Å². The molecular formula is C21H18O13S. The van der Waals surface area contributed by atoms with Crippen molar-refractivity contribution < 1.29 is 56.3 Å². The van der Waals surface area contributed by atoms with Gasteiger partial charge in [-0.1, -0.05) is 12.1 Å². The zero-order valence-electron chi connectivity index (χ0n) is 17.4. The van der Waals surface area contributed by atoms with E-state index in [2.05, 4.69) is 4.18 Å². The number of aliphatic hydroxyl groups excluding tert-OH is 3. The third-order valence-electron chi connectivity index (χ3n) is 5.18. The lowest BCUT2D eigenvalue weighted by atomic mass is 9.99. The van der Waals surface area contributed by atoms with Crippen molar-refractivity contribution in [2.45, 2.75) is 30.7 Å². The van der Waals surface area contributed by atoms with Gasteiger partial charge in [-0.25, -0.2) is 4.79 Å². The Balaban J connectivity index is 1.59. The van der Waals surface area contributed by atoms with Crippen LogP contribution in [0.4, 0.5) is 0 Å². The van der Waals surface area contributed by atoms with Crippen LogP contribution in [-0.2, 0) is 19.9 Å². The molecule has 2 heterocycles. The van der Waals surface area contributed by atoms with E-state index in [1.54, 1.807) is 0 Å². The Kier molecular flexibility index (Phi) is 6.50. The monoisotopic (exact) mass is 510 g/mol. The van der Waals surface area contributed by atoms with Crippen LogP contribution in [0.15, 0.2) is 57.9 Å². The zero-order chi connectivity index (χ0) is 25.5. The number of aliphatic hydroxyl groups is 3. The molecule has 14 heteroatoms. The summed E-state index contributed by atoms with van der Waals surface area (Å²) in [5.74, 6) is -1.72. The zero-order valence-corrected chi connectivity index (χ0v) is 18.2. The maximum absolute atomic E-state index is 12.9. The number of carbonyl (C=O) groups is 1. The number of fused-ring (bicyclic) bond motifs is 1. The van der Waals surface area contributed by atoms with Gasteiger partial charge in [-0.15, -0.1) is 0 Å². The summed E-state index contributed by atoms with van der Waals surface area (Å²) >= 11 is 0. The average Bonchev–Trinajstić information content (AvgIpc) is 2.79. The van der Waals surface area contributed by atoms with Gasteiger partial charge >= 0.3 is 16.4 Å². The van der Waals surface area contributed by atoms with Crippen LogP contribution in [0.1, 0.15) is 0 Å². The van der Waals surface area contributed by atoms with Crippen molar-refractivity contribution in [3.8, 4) is 22.6 Å². The van der Waals surface area contributed by atoms with Crippen LogP contribution in [0.5, 0.6) is 11.5 Å². The third-order valence-corrected chi connectivity index (χ3v) is 5.58. The van der Waals surface area contributed by atoms with Crippen molar-refractivity contribution in [3.63, 3.8) is 0 Å². The summed E-state index contributed by atoms with van der Waals surface area (Å²) in [6.07, 6.45) is -7.80. The molecule has 3 aromatic rings. The number of hydrogen-bond acceptors (Lipinski definition) is 11. The van der Waals surface area contributed by atoms with Gasteiger partial charge in [0.2, 0.25) is 6.29 Å². The summed E-state index contributed by atoms with van der Waals surface area (Å²) < 4.78 is 50.6. The number of aliphatic carboxylic acids is 1. The molecule has 0 bridgehead atoms. The second-order valence-corrected chi connectivity index (χ2v) is 8.55. The highest BCUT2D eigenvalue weighted by Crippen LogP contribution is 2.28. The maximum atomic E-state index is 12.9. The van der Waals surface area contributed by atoms with Crippen LogP contribution in [0.3, 0.4) is 0 Å². The Bertz CT molecular complexity index is 1410. The van der Waals surface area contributed by atoms with Crippen molar-refractivity contribution in [2.75, 3.05) is 0 Å². The molecule has 0 radical (unpaired) electrons. The van der Waals surface area contributed by atoms with E-state index in [0.29, 0.717) is 5.56 Å². The first-order valence-electron chi connectivity index (χ1n) is 9.86. The maximum Gasteiger partial charge on any atom is 0.446 e. The Labute approximate surface area is 196 Å². The Morgan fingerprint density at radius 2 is 1.60 bits per heavy atom. The van der Waals surface area contributed by atoms with Crippen molar-refractivity contribution in [2.24, 2.45) is 0 Å². The van der Waals surface area contributed by atoms with Crippen LogP contribution in [0, 0.1) is 0 Å². The minimum atomic E-state index is -4.70. The van der Waals surface area contributed by atoms with Crippen LogP contribution in [-0.4, -0.2) is 70.1 Å². The van der Waals surface area contributed by atoms with Gasteiger partial charge in [-0.3, -0.25) is 9.35 Å². The summed E-state index contributed by atoms with van der Waals surface area (Å²) in [4.78, 5) is 24.2. The Morgan fingerprint density at radius 1 is 0.943 bits per heavy atom. The minimum absolute atomic E-state index is 0.0110. The lowest BCUT2D eigenvalue weighted by Crippen LogP contribution is -2.61. The lowest BCUT2D eigenvalue weighted by Gasteiger charge is -2.38. The molecule has 0 saturated carbocycles. The molecule has 1 aliphatic heterocycles. The molecule has 5 N–H and O–H groups in total. The van der Waals surface area contributed by atoms with E-state index in [-0.39, 0.29) is 28.0 Å².